The third-order valence-electron chi connectivity index (χ3n) is 4.06. The lowest BCUT2D eigenvalue weighted by Crippen LogP contribution is -2.24. The third-order valence-corrected chi connectivity index (χ3v) is 4.06. The van der Waals surface area contributed by atoms with Gasteiger partial charge in [-0.2, -0.15) is 0 Å². The summed E-state index contributed by atoms with van der Waals surface area (Å²) >= 11 is 0. The van der Waals surface area contributed by atoms with Gasteiger partial charge in [-0.15, -0.1) is 0 Å². The van der Waals surface area contributed by atoms with E-state index in [1.165, 1.54) is 6.33 Å². The van der Waals surface area contributed by atoms with Crippen molar-refractivity contribution in [3.05, 3.63) is 46.3 Å². The molecule has 7 nitrogen and oxygen atoms in total. The molecule has 0 bridgehead atoms. The van der Waals surface area contributed by atoms with Crippen LogP contribution in [0, 0.1) is 17.0 Å². The topological polar surface area (TPSA) is 75.4 Å². The van der Waals surface area contributed by atoms with Gasteiger partial charge in [0, 0.05) is 25.8 Å². The Labute approximate surface area is 148 Å². The summed E-state index contributed by atoms with van der Waals surface area (Å²) in [5.74, 6) is 0.681. The summed E-state index contributed by atoms with van der Waals surface area (Å²) in [6, 6.07) is 7.86. The Hall–Kier alpha value is -2.70. The number of aryl methyl sites for hydroxylation is 1. The van der Waals surface area contributed by atoms with Crippen LogP contribution in [0.1, 0.15) is 32.3 Å². The molecular formula is C18H25N5O2. The summed E-state index contributed by atoms with van der Waals surface area (Å²) in [5.41, 5.74) is 1.92. The predicted molar refractivity (Wildman–Crippen MR) is 101 cm³/mol. The molecule has 2 aromatic rings. The van der Waals surface area contributed by atoms with Gasteiger partial charge >= 0.3 is 5.69 Å². The maximum Gasteiger partial charge on any atom is 0.353 e. The van der Waals surface area contributed by atoms with E-state index >= 15 is 0 Å². The number of nitro groups is 1. The molecule has 0 spiro atoms. The highest BCUT2D eigenvalue weighted by atomic mass is 16.6. The molecule has 7 heteroatoms. The van der Waals surface area contributed by atoms with Crippen molar-refractivity contribution in [1.29, 1.82) is 0 Å². The molecule has 0 N–H and O–H groups in total. The van der Waals surface area contributed by atoms with Crippen molar-refractivity contribution in [3.63, 3.8) is 0 Å². The maximum atomic E-state index is 11.8. The Morgan fingerprint density at radius 1 is 1.20 bits per heavy atom. The van der Waals surface area contributed by atoms with Crippen molar-refractivity contribution in [1.82, 2.24) is 9.97 Å². The highest BCUT2D eigenvalue weighted by Crippen LogP contribution is 2.37. The molecule has 0 atom stereocenters. The number of nitrogens with zero attached hydrogens (tertiary/aromatic N) is 5. The molecule has 0 aliphatic rings. The minimum absolute atomic E-state index is 0.0514. The Balaban J connectivity index is 2.54. The highest BCUT2D eigenvalue weighted by molar-refractivity contribution is 5.76. The fourth-order valence-electron chi connectivity index (χ4n) is 2.75. The van der Waals surface area contributed by atoms with Crippen LogP contribution in [0.4, 0.5) is 23.0 Å². The van der Waals surface area contributed by atoms with Gasteiger partial charge in [0.15, 0.2) is 0 Å². The number of rotatable bonds is 8. The van der Waals surface area contributed by atoms with E-state index in [1.54, 1.807) is 0 Å². The van der Waals surface area contributed by atoms with Crippen molar-refractivity contribution < 1.29 is 4.92 Å². The fraction of sp³-hybridized carbons (Fsp3) is 0.444. The molecule has 0 fully saturated rings. The maximum absolute atomic E-state index is 11.8. The van der Waals surface area contributed by atoms with Gasteiger partial charge in [-0.25, -0.2) is 9.97 Å². The summed E-state index contributed by atoms with van der Waals surface area (Å²) in [6.45, 7) is 7.32. The second kappa shape index (κ2) is 8.41. The smallest absolute Gasteiger partial charge is 0.353 e. The predicted octanol–water partition coefficient (Wildman–Crippen LogP) is 4.09. The quantitative estimate of drug-likeness (QED) is 0.531. The Morgan fingerprint density at radius 2 is 1.92 bits per heavy atom. The molecule has 1 aromatic heterocycles. The number of hydrogen-bond acceptors (Lipinski definition) is 6. The zero-order chi connectivity index (χ0) is 18.4. The van der Waals surface area contributed by atoms with E-state index in [2.05, 4.69) is 16.9 Å². The van der Waals surface area contributed by atoms with Crippen LogP contribution in [0.15, 0.2) is 30.6 Å². The number of benzene rings is 1. The lowest BCUT2D eigenvalue weighted by atomic mass is 10.2. The van der Waals surface area contributed by atoms with E-state index in [-0.39, 0.29) is 10.6 Å². The van der Waals surface area contributed by atoms with Crippen LogP contribution in [-0.4, -0.2) is 35.0 Å². The summed E-state index contributed by atoms with van der Waals surface area (Å²) < 4.78 is 0. The first-order chi connectivity index (χ1) is 12.0. The van der Waals surface area contributed by atoms with E-state index in [1.807, 2.05) is 55.0 Å². The average Bonchev–Trinajstić information content (AvgIpc) is 2.60. The zero-order valence-corrected chi connectivity index (χ0v) is 15.3. The molecule has 0 amide bonds. The molecular weight excluding hydrogens is 318 g/mol. The minimum Gasteiger partial charge on any atom is -0.354 e. The molecule has 134 valence electrons. The van der Waals surface area contributed by atoms with Gasteiger partial charge in [-0.1, -0.05) is 25.5 Å². The number of anilines is 3. The minimum atomic E-state index is -0.383. The monoisotopic (exact) mass is 343 g/mol. The van der Waals surface area contributed by atoms with Crippen molar-refractivity contribution in [2.45, 2.75) is 33.6 Å². The zero-order valence-electron chi connectivity index (χ0n) is 15.3. The molecule has 0 saturated carbocycles. The van der Waals surface area contributed by atoms with Gasteiger partial charge in [0.2, 0.25) is 11.6 Å². The lowest BCUT2D eigenvalue weighted by Gasteiger charge is -2.24. The van der Waals surface area contributed by atoms with E-state index < -0.39 is 0 Å². The number of hydrogen-bond donors (Lipinski definition) is 0. The second-order valence-corrected chi connectivity index (χ2v) is 5.98. The summed E-state index contributed by atoms with van der Waals surface area (Å²) in [6.07, 6.45) is 3.36. The van der Waals surface area contributed by atoms with Gasteiger partial charge in [-0.3, -0.25) is 10.1 Å². The van der Waals surface area contributed by atoms with E-state index in [4.69, 9.17) is 0 Å². The van der Waals surface area contributed by atoms with Crippen LogP contribution < -0.4 is 9.80 Å². The molecule has 0 saturated heterocycles. The van der Waals surface area contributed by atoms with Gasteiger partial charge in [0.25, 0.3) is 0 Å². The molecule has 2 rings (SSSR count). The van der Waals surface area contributed by atoms with Gasteiger partial charge < -0.3 is 9.80 Å². The van der Waals surface area contributed by atoms with Crippen LogP contribution >= 0.6 is 0 Å². The van der Waals surface area contributed by atoms with Crippen LogP contribution in [-0.2, 0) is 0 Å². The fourth-order valence-corrected chi connectivity index (χ4v) is 2.75. The molecule has 0 aliphatic carbocycles. The van der Waals surface area contributed by atoms with E-state index in [0.29, 0.717) is 24.7 Å². The highest BCUT2D eigenvalue weighted by Gasteiger charge is 2.29. The second-order valence-electron chi connectivity index (χ2n) is 5.98. The van der Waals surface area contributed by atoms with Crippen LogP contribution in [0.25, 0.3) is 0 Å². The van der Waals surface area contributed by atoms with Crippen molar-refractivity contribution in [3.8, 4) is 0 Å². The molecule has 0 unspecified atom stereocenters. The molecule has 0 aliphatic heterocycles. The summed E-state index contributed by atoms with van der Waals surface area (Å²) in [5, 5.41) is 11.8. The summed E-state index contributed by atoms with van der Waals surface area (Å²) in [7, 11) is 1.83. The Bertz CT molecular complexity index is 735. The molecule has 1 aromatic carbocycles. The first-order valence-electron chi connectivity index (χ1n) is 8.54. The number of aromatic nitrogens is 2. The Morgan fingerprint density at radius 3 is 2.52 bits per heavy atom. The molecule has 0 radical (unpaired) electrons. The first-order valence-corrected chi connectivity index (χ1v) is 8.54. The molecule has 1 heterocycles. The normalized spacial score (nSPS) is 10.6. The standard InChI is InChI=1S/C18H25N5O2/c1-5-7-11-21(4)17-16(23(24)25)18(20-13-19-17)22(6-2)15-10-8-9-14(3)12-15/h8-10,12-13H,5-7,11H2,1-4H3. The van der Waals surface area contributed by atoms with Crippen molar-refractivity contribution in [2.75, 3.05) is 29.9 Å². The van der Waals surface area contributed by atoms with Crippen LogP contribution in [0.5, 0.6) is 0 Å². The van der Waals surface area contributed by atoms with Crippen LogP contribution in [0.3, 0.4) is 0 Å². The Kier molecular flexibility index (Phi) is 6.27. The molecule has 25 heavy (non-hydrogen) atoms. The van der Waals surface area contributed by atoms with Gasteiger partial charge in [0.1, 0.15) is 6.33 Å². The average molecular weight is 343 g/mol. The van der Waals surface area contributed by atoms with E-state index in [0.717, 1.165) is 24.1 Å². The van der Waals surface area contributed by atoms with Gasteiger partial charge in [0.05, 0.1) is 4.92 Å². The van der Waals surface area contributed by atoms with E-state index in [9.17, 15) is 10.1 Å². The largest absolute Gasteiger partial charge is 0.354 e. The lowest BCUT2D eigenvalue weighted by molar-refractivity contribution is -0.383. The SMILES string of the molecule is CCCCN(C)c1ncnc(N(CC)c2cccc(C)c2)c1[N+](=O)[O-]. The van der Waals surface area contributed by atoms with Crippen molar-refractivity contribution in [2.24, 2.45) is 0 Å². The van der Waals surface area contributed by atoms with Gasteiger partial charge in [-0.05, 0) is 38.0 Å². The summed E-state index contributed by atoms with van der Waals surface area (Å²) in [4.78, 5) is 23.5. The number of unbranched alkanes of at least 4 members (excludes halogenated alkanes) is 1. The third kappa shape index (κ3) is 4.23. The van der Waals surface area contributed by atoms with Crippen LogP contribution in [0.2, 0.25) is 0 Å². The first kappa shape index (κ1) is 18.6. The van der Waals surface area contributed by atoms with Crippen molar-refractivity contribution >= 4 is 23.0 Å².